The third-order valence-corrected chi connectivity index (χ3v) is 4.86. The molecule has 0 aliphatic carbocycles. The lowest BCUT2D eigenvalue weighted by atomic mass is 10.1. The van der Waals surface area contributed by atoms with Gasteiger partial charge in [0, 0.05) is 50.2 Å². The van der Waals surface area contributed by atoms with Crippen LogP contribution in [0, 0.1) is 5.92 Å². The normalized spacial score (nSPS) is 24.8. The molecular formula is C14H24N4OS. The summed E-state index contributed by atoms with van der Waals surface area (Å²) in [5.74, 6) is 1.63. The number of ether oxygens (including phenoxy) is 1. The molecule has 20 heavy (non-hydrogen) atoms. The fourth-order valence-corrected chi connectivity index (χ4v) is 3.71. The van der Waals surface area contributed by atoms with Crippen molar-refractivity contribution in [2.45, 2.75) is 32.7 Å². The van der Waals surface area contributed by atoms with Gasteiger partial charge in [0.1, 0.15) is 5.82 Å². The quantitative estimate of drug-likeness (QED) is 0.845. The molecule has 0 bridgehead atoms. The standard InChI is InChI=1S/C14H24N4OS/c1-11(2)9-13-15-14(20-16-13)18-4-3-12(10-18)17-5-7-19-8-6-17/h11-12H,3-10H2,1-2H3. The number of aromatic nitrogens is 2. The molecule has 5 nitrogen and oxygen atoms in total. The molecule has 1 atom stereocenters. The van der Waals surface area contributed by atoms with E-state index in [1.54, 1.807) is 11.5 Å². The first kappa shape index (κ1) is 14.2. The van der Waals surface area contributed by atoms with E-state index < -0.39 is 0 Å². The lowest BCUT2D eigenvalue weighted by molar-refractivity contribution is 0.0209. The summed E-state index contributed by atoms with van der Waals surface area (Å²) in [6.45, 7) is 10.5. The van der Waals surface area contributed by atoms with Crippen LogP contribution in [-0.2, 0) is 11.2 Å². The number of anilines is 1. The lowest BCUT2D eigenvalue weighted by Crippen LogP contribution is -2.44. The Labute approximate surface area is 125 Å². The Morgan fingerprint density at radius 2 is 2.10 bits per heavy atom. The smallest absolute Gasteiger partial charge is 0.205 e. The van der Waals surface area contributed by atoms with Gasteiger partial charge >= 0.3 is 0 Å². The molecule has 6 heteroatoms. The predicted molar refractivity (Wildman–Crippen MR) is 81.5 cm³/mol. The molecule has 2 saturated heterocycles. The first-order chi connectivity index (χ1) is 9.72. The van der Waals surface area contributed by atoms with Gasteiger partial charge in [-0.2, -0.15) is 4.37 Å². The third kappa shape index (κ3) is 3.30. The van der Waals surface area contributed by atoms with Gasteiger partial charge in [0.25, 0.3) is 0 Å². The van der Waals surface area contributed by atoms with Crippen LogP contribution in [0.1, 0.15) is 26.1 Å². The predicted octanol–water partition coefficient (Wildman–Crippen LogP) is 1.65. The summed E-state index contributed by atoms with van der Waals surface area (Å²) < 4.78 is 9.93. The van der Waals surface area contributed by atoms with Crippen LogP contribution in [0.2, 0.25) is 0 Å². The van der Waals surface area contributed by atoms with Gasteiger partial charge in [0.2, 0.25) is 5.13 Å². The van der Waals surface area contributed by atoms with Crippen LogP contribution >= 0.6 is 11.5 Å². The summed E-state index contributed by atoms with van der Waals surface area (Å²) in [6, 6.07) is 0.663. The summed E-state index contributed by atoms with van der Waals surface area (Å²) in [4.78, 5) is 9.68. The third-order valence-electron chi connectivity index (χ3n) is 4.04. The molecule has 1 aromatic heterocycles. The van der Waals surface area contributed by atoms with Crippen molar-refractivity contribution in [3.63, 3.8) is 0 Å². The zero-order valence-corrected chi connectivity index (χ0v) is 13.2. The van der Waals surface area contributed by atoms with Crippen molar-refractivity contribution in [3.05, 3.63) is 5.82 Å². The van der Waals surface area contributed by atoms with E-state index in [0.29, 0.717) is 12.0 Å². The Hall–Kier alpha value is -0.720. The van der Waals surface area contributed by atoms with Crippen LogP contribution in [-0.4, -0.2) is 59.7 Å². The van der Waals surface area contributed by atoms with Crippen LogP contribution in [0.5, 0.6) is 0 Å². The topological polar surface area (TPSA) is 41.5 Å². The second kappa shape index (κ2) is 6.37. The molecule has 3 heterocycles. The van der Waals surface area contributed by atoms with Gasteiger partial charge in [-0.25, -0.2) is 4.98 Å². The van der Waals surface area contributed by atoms with E-state index in [1.165, 1.54) is 6.42 Å². The molecule has 112 valence electrons. The van der Waals surface area contributed by atoms with Crippen LogP contribution in [0.15, 0.2) is 0 Å². The summed E-state index contributed by atoms with van der Waals surface area (Å²) in [5.41, 5.74) is 0. The van der Waals surface area contributed by atoms with Crippen molar-refractivity contribution in [1.82, 2.24) is 14.3 Å². The number of morpholine rings is 1. The zero-order chi connectivity index (χ0) is 13.9. The van der Waals surface area contributed by atoms with E-state index in [0.717, 1.165) is 56.8 Å². The molecule has 0 N–H and O–H groups in total. The first-order valence-electron chi connectivity index (χ1n) is 7.61. The van der Waals surface area contributed by atoms with Crippen molar-refractivity contribution < 1.29 is 4.74 Å². The average molecular weight is 296 g/mol. The molecule has 2 aliphatic heterocycles. The molecule has 3 rings (SSSR count). The first-order valence-corrected chi connectivity index (χ1v) is 8.39. The highest BCUT2D eigenvalue weighted by Gasteiger charge is 2.30. The fraction of sp³-hybridized carbons (Fsp3) is 0.857. The maximum Gasteiger partial charge on any atom is 0.205 e. The Morgan fingerprint density at radius 1 is 1.30 bits per heavy atom. The summed E-state index contributed by atoms with van der Waals surface area (Å²) in [6.07, 6.45) is 2.22. The van der Waals surface area contributed by atoms with Gasteiger partial charge in [0.15, 0.2) is 0 Å². The summed E-state index contributed by atoms with van der Waals surface area (Å²) in [7, 11) is 0. The SMILES string of the molecule is CC(C)Cc1nsc(N2CCC(N3CCOCC3)C2)n1. The number of hydrogen-bond donors (Lipinski definition) is 0. The number of rotatable bonds is 4. The minimum Gasteiger partial charge on any atom is -0.379 e. The monoisotopic (exact) mass is 296 g/mol. The number of hydrogen-bond acceptors (Lipinski definition) is 6. The Kier molecular flexibility index (Phi) is 4.53. The van der Waals surface area contributed by atoms with Crippen LogP contribution in [0.25, 0.3) is 0 Å². The van der Waals surface area contributed by atoms with Gasteiger partial charge in [-0.15, -0.1) is 0 Å². The van der Waals surface area contributed by atoms with E-state index in [4.69, 9.17) is 9.72 Å². The largest absolute Gasteiger partial charge is 0.379 e. The highest BCUT2D eigenvalue weighted by molar-refractivity contribution is 7.09. The van der Waals surface area contributed by atoms with E-state index in [2.05, 4.69) is 28.0 Å². The summed E-state index contributed by atoms with van der Waals surface area (Å²) in [5, 5.41) is 1.11. The van der Waals surface area contributed by atoms with Gasteiger partial charge < -0.3 is 9.64 Å². The molecule has 0 amide bonds. The molecule has 0 aromatic carbocycles. The van der Waals surface area contributed by atoms with Gasteiger partial charge in [-0.05, 0) is 12.3 Å². The van der Waals surface area contributed by atoms with Gasteiger partial charge in [-0.3, -0.25) is 4.90 Å². The van der Waals surface area contributed by atoms with Gasteiger partial charge in [-0.1, -0.05) is 13.8 Å². The molecule has 2 aliphatic rings. The average Bonchev–Trinajstić information content (AvgIpc) is 3.07. The minimum absolute atomic E-state index is 0.622. The van der Waals surface area contributed by atoms with E-state index >= 15 is 0 Å². The molecule has 2 fully saturated rings. The van der Waals surface area contributed by atoms with Crippen molar-refractivity contribution in [2.75, 3.05) is 44.3 Å². The number of nitrogens with zero attached hydrogens (tertiary/aromatic N) is 4. The fourth-order valence-electron chi connectivity index (χ4n) is 2.98. The molecule has 0 spiro atoms. The van der Waals surface area contributed by atoms with Gasteiger partial charge in [0.05, 0.1) is 13.2 Å². The highest BCUT2D eigenvalue weighted by atomic mass is 32.1. The van der Waals surface area contributed by atoms with E-state index in [-0.39, 0.29) is 0 Å². The van der Waals surface area contributed by atoms with Crippen molar-refractivity contribution in [3.8, 4) is 0 Å². The maximum atomic E-state index is 5.44. The molecule has 0 radical (unpaired) electrons. The minimum atomic E-state index is 0.622. The van der Waals surface area contributed by atoms with Crippen LogP contribution in [0.3, 0.4) is 0 Å². The Morgan fingerprint density at radius 3 is 2.85 bits per heavy atom. The lowest BCUT2D eigenvalue weighted by Gasteiger charge is -2.31. The molecular weight excluding hydrogens is 272 g/mol. The second-order valence-electron chi connectivity index (χ2n) is 6.13. The Balaban J connectivity index is 1.57. The van der Waals surface area contributed by atoms with E-state index in [9.17, 15) is 0 Å². The van der Waals surface area contributed by atoms with Crippen molar-refractivity contribution in [2.24, 2.45) is 5.92 Å². The van der Waals surface area contributed by atoms with E-state index in [1.807, 2.05) is 0 Å². The van der Waals surface area contributed by atoms with Crippen LogP contribution < -0.4 is 4.90 Å². The Bertz CT molecular complexity index is 431. The highest BCUT2D eigenvalue weighted by Crippen LogP contribution is 2.25. The molecule has 1 unspecified atom stereocenters. The second-order valence-corrected chi connectivity index (χ2v) is 6.86. The summed E-state index contributed by atoms with van der Waals surface area (Å²) >= 11 is 1.56. The van der Waals surface area contributed by atoms with Crippen LogP contribution in [0.4, 0.5) is 5.13 Å². The van der Waals surface area contributed by atoms with Crippen molar-refractivity contribution in [1.29, 1.82) is 0 Å². The van der Waals surface area contributed by atoms with Crippen molar-refractivity contribution >= 4 is 16.7 Å². The molecule has 1 aromatic rings. The maximum absolute atomic E-state index is 5.44. The zero-order valence-electron chi connectivity index (χ0n) is 12.4. The molecule has 0 saturated carbocycles.